The van der Waals surface area contributed by atoms with Crippen LogP contribution in [0.4, 0.5) is 11.4 Å². The van der Waals surface area contributed by atoms with Gasteiger partial charge in [0, 0.05) is 26.2 Å². The number of benzene rings is 1. The summed E-state index contributed by atoms with van der Waals surface area (Å²) in [4.78, 5) is 29.3. The van der Waals surface area contributed by atoms with E-state index in [1.165, 1.54) is 27.1 Å². The zero-order valence-corrected chi connectivity index (χ0v) is 15.8. The Morgan fingerprint density at radius 3 is 1.35 bits per heavy atom. The lowest BCUT2D eigenvalue weighted by Crippen LogP contribution is -2.33. The predicted molar refractivity (Wildman–Crippen MR) is 101 cm³/mol. The molecule has 6 heteroatoms. The number of esters is 2. The molecule has 3 rings (SSSR count). The van der Waals surface area contributed by atoms with Gasteiger partial charge in [0.25, 0.3) is 0 Å². The van der Waals surface area contributed by atoms with Gasteiger partial charge in [0.05, 0.1) is 36.7 Å². The van der Waals surface area contributed by atoms with Crippen molar-refractivity contribution >= 4 is 23.3 Å². The summed E-state index contributed by atoms with van der Waals surface area (Å²) in [5, 5.41) is 0. The molecule has 2 aliphatic rings. The number of piperidine rings is 2. The molecule has 6 nitrogen and oxygen atoms in total. The van der Waals surface area contributed by atoms with Crippen LogP contribution in [-0.4, -0.2) is 52.3 Å². The van der Waals surface area contributed by atoms with Gasteiger partial charge in [-0.25, -0.2) is 9.59 Å². The molecule has 2 heterocycles. The predicted octanol–water partition coefficient (Wildman–Crippen LogP) is 3.24. The molecule has 2 saturated heterocycles. The molecule has 1 aromatic rings. The highest BCUT2D eigenvalue weighted by atomic mass is 16.5. The topological polar surface area (TPSA) is 59.1 Å². The van der Waals surface area contributed by atoms with Crippen molar-refractivity contribution in [1.29, 1.82) is 0 Å². The second kappa shape index (κ2) is 8.43. The zero-order valence-electron chi connectivity index (χ0n) is 15.8. The Hall–Kier alpha value is -2.24. The average Bonchev–Trinajstić information content (AvgIpc) is 2.73. The molecule has 2 fully saturated rings. The largest absolute Gasteiger partial charge is 0.465 e. The van der Waals surface area contributed by atoms with E-state index < -0.39 is 0 Å². The van der Waals surface area contributed by atoms with E-state index in [1.807, 2.05) is 12.1 Å². The molecule has 0 spiro atoms. The SMILES string of the molecule is COC(=O)c1cc(N2CCCCC2)c(C(=O)OC)cc1N1CCCCC1. The van der Waals surface area contributed by atoms with E-state index in [0.29, 0.717) is 11.1 Å². The van der Waals surface area contributed by atoms with Crippen LogP contribution in [0.3, 0.4) is 0 Å². The standard InChI is InChI=1S/C20H28N2O4/c1-25-19(23)15-13-18(22-11-7-4-8-12-22)16(20(24)26-2)14-17(15)21-9-5-3-6-10-21/h13-14H,3-12H2,1-2H3. The number of ether oxygens (including phenoxy) is 2. The number of hydrogen-bond donors (Lipinski definition) is 0. The fourth-order valence-corrected chi connectivity index (χ4v) is 3.92. The summed E-state index contributed by atoms with van der Waals surface area (Å²) in [5.74, 6) is -0.722. The molecular weight excluding hydrogens is 332 g/mol. The third-order valence-corrected chi connectivity index (χ3v) is 5.32. The molecule has 0 N–H and O–H groups in total. The molecule has 0 unspecified atom stereocenters. The van der Waals surface area contributed by atoms with Crippen molar-refractivity contribution in [2.24, 2.45) is 0 Å². The van der Waals surface area contributed by atoms with Gasteiger partial charge in [-0.1, -0.05) is 0 Å². The molecule has 0 atom stereocenters. The van der Waals surface area contributed by atoms with Crippen LogP contribution < -0.4 is 9.80 Å². The van der Waals surface area contributed by atoms with Gasteiger partial charge in [-0.2, -0.15) is 0 Å². The van der Waals surface area contributed by atoms with Gasteiger partial charge in [0.2, 0.25) is 0 Å². The molecule has 0 bridgehead atoms. The maximum Gasteiger partial charge on any atom is 0.340 e. The van der Waals surface area contributed by atoms with Crippen molar-refractivity contribution < 1.29 is 19.1 Å². The Kier molecular flexibility index (Phi) is 6.01. The van der Waals surface area contributed by atoms with E-state index in [9.17, 15) is 9.59 Å². The van der Waals surface area contributed by atoms with Gasteiger partial charge < -0.3 is 19.3 Å². The second-order valence-corrected chi connectivity index (χ2v) is 6.97. The van der Waals surface area contributed by atoms with Gasteiger partial charge in [0.1, 0.15) is 0 Å². The lowest BCUT2D eigenvalue weighted by molar-refractivity contribution is 0.0587. The highest BCUT2D eigenvalue weighted by Crippen LogP contribution is 2.34. The summed E-state index contributed by atoms with van der Waals surface area (Å²) in [6.45, 7) is 3.53. The number of methoxy groups -OCH3 is 2. The Bertz CT molecular complexity index is 604. The van der Waals surface area contributed by atoms with E-state index in [2.05, 4.69) is 9.80 Å². The highest BCUT2D eigenvalue weighted by molar-refractivity contribution is 6.03. The molecule has 1 aromatic carbocycles. The molecule has 0 radical (unpaired) electrons. The van der Waals surface area contributed by atoms with E-state index >= 15 is 0 Å². The molecule has 26 heavy (non-hydrogen) atoms. The third-order valence-electron chi connectivity index (χ3n) is 5.32. The van der Waals surface area contributed by atoms with Crippen LogP contribution in [0, 0.1) is 0 Å². The van der Waals surface area contributed by atoms with Crippen molar-refractivity contribution in [3.8, 4) is 0 Å². The van der Waals surface area contributed by atoms with E-state index in [-0.39, 0.29) is 11.9 Å². The monoisotopic (exact) mass is 360 g/mol. The van der Waals surface area contributed by atoms with Crippen LogP contribution in [0.15, 0.2) is 12.1 Å². The summed E-state index contributed by atoms with van der Waals surface area (Å²) in [7, 11) is 2.80. The Morgan fingerprint density at radius 1 is 0.692 bits per heavy atom. The van der Waals surface area contributed by atoms with E-state index in [4.69, 9.17) is 9.47 Å². The summed E-state index contributed by atoms with van der Waals surface area (Å²) in [5.41, 5.74) is 2.61. The molecule has 0 saturated carbocycles. The first kappa shape index (κ1) is 18.5. The summed E-state index contributed by atoms with van der Waals surface area (Å²) in [6.07, 6.45) is 6.73. The van der Waals surface area contributed by atoms with Crippen molar-refractivity contribution in [1.82, 2.24) is 0 Å². The number of carbonyl (C=O) groups excluding carboxylic acids is 2. The number of carbonyl (C=O) groups is 2. The smallest absolute Gasteiger partial charge is 0.340 e. The van der Waals surface area contributed by atoms with Crippen LogP contribution in [0.2, 0.25) is 0 Å². The lowest BCUT2D eigenvalue weighted by Gasteiger charge is -2.34. The first-order valence-corrected chi connectivity index (χ1v) is 9.50. The zero-order chi connectivity index (χ0) is 18.5. The minimum atomic E-state index is -0.361. The molecule has 0 aromatic heterocycles. The number of anilines is 2. The minimum Gasteiger partial charge on any atom is -0.465 e. The van der Waals surface area contributed by atoms with Crippen molar-refractivity contribution in [3.05, 3.63) is 23.3 Å². The van der Waals surface area contributed by atoms with Gasteiger partial charge in [-0.15, -0.1) is 0 Å². The van der Waals surface area contributed by atoms with E-state index in [1.54, 1.807) is 0 Å². The fourth-order valence-electron chi connectivity index (χ4n) is 3.92. The summed E-state index contributed by atoms with van der Waals surface area (Å²) < 4.78 is 10.1. The molecule has 0 amide bonds. The fraction of sp³-hybridized carbons (Fsp3) is 0.600. The van der Waals surface area contributed by atoms with E-state index in [0.717, 1.165) is 63.2 Å². The second-order valence-electron chi connectivity index (χ2n) is 6.97. The summed E-state index contributed by atoms with van der Waals surface area (Å²) >= 11 is 0. The van der Waals surface area contributed by atoms with Gasteiger partial charge in [-0.05, 0) is 50.7 Å². The first-order valence-electron chi connectivity index (χ1n) is 9.50. The van der Waals surface area contributed by atoms with Crippen molar-refractivity contribution in [3.63, 3.8) is 0 Å². The Labute approximate surface area is 155 Å². The Balaban J connectivity index is 2.10. The number of nitrogens with zero attached hydrogens (tertiary/aromatic N) is 2. The molecule has 0 aliphatic carbocycles. The quantitative estimate of drug-likeness (QED) is 0.768. The van der Waals surface area contributed by atoms with Gasteiger partial charge in [0.15, 0.2) is 0 Å². The van der Waals surface area contributed by atoms with Crippen LogP contribution in [0.5, 0.6) is 0 Å². The third kappa shape index (κ3) is 3.79. The van der Waals surface area contributed by atoms with Crippen LogP contribution in [-0.2, 0) is 9.47 Å². The average molecular weight is 360 g/mol. The maximum absolute atomic E-state index is 12.5. The number of rotatable bonds is 4. The van der Waals surface area contributed by atoms with Gasteiger partial charge in [-0.3, -0.25) is 0 Å². The van der Waals surface area contributed by atoms with Crippen LogP contribution in [0.25, 0.3) is 0 Å². The van der Waals surface area contributed by atoms with Crippen molar-refractivity contribution in [2.45, 2.75) is 38.5 Å². The van der Waals surface area contributed by atoms with Crippen molar-refractivity contribution in [2.75, 3.05) is 50.2 Å². The molecule has 142 valence electrons. The Morgan fingerprint density at radius 2 is 1.04 bits per heavy atom. The lowest BCUT2D eigenvalue weighted by atomic mass is 10.0. The van der Waals surface area contributed by atoms with Gasteiger partial charge >= 0.3 is 11.9 Å². The van der Waals surface area contributed by atoms with Crippen LogP contribution >= 0.6 is 0 Å². The number of hydrogen-bond acceptors (Lipinski definition) is 6. The maximum atomic E-state index is 12.5. The van der Waals surface area contributed by atoms with Crippen LogP contribution in [0.1, 0.15) is 59.2 Å². The first-order chi connectivity index (χ1) is 12.7. The summed E-state index contributed by atoms with van der Waals surface area (Å²) in [6, 6.07) is 3.65. The highest BCUT2D eigenvalue weighted by Gasteiger charge is 2.27. The molecular formula is C20H28N2O4. The normalized spacial score (nSPS) is 17.8. The molecule has 2 aliphatic heterocycles. The minimum absolute atomic E-state index is 0.361.